The molecular formula is C25H23F3N4O2. The zero-order valence-corrected chi connectivity index (χ0v) is 18.3. The Bertz CT molecular complexity index is 1190. The Balaban J connectivity index is 0.000000229. The molecule has 0 aliphatic heterocycles. The predicted octanol–water partition coefficient (Wildman–Crippen LogP) is 5.54. The number of aromatic amines is 1. The van der Waals surface area contributed by atoms with Crippen molar-refractivity contribution in [1.82, 2.24) is 20.5 Å². The van der Waals surface area contributed by atoms with Crippen LogP contribution in [0.3, 0.4) is 0 Å². The summed E-state index contributed by atoms with van der Waals surface area (Å²) < 4.78 is 41.9. The number of benzene rings is 2. The fourth-order valence-corrected chi connectivity index (χ4v) is 2.98. The summed E-state index contributed by atoms with van der Waals surface area (Å²) in [5.41, 5.74) is 2.25. The lowest BCUT2D eigenvalue weighted by Gasteiger charge is -2.08. The van der Waals surface area contributed by atoms with Crippen molar-refractivity contribution < 1.29 is 22.7 Å². The molecule has 0 aliphatic carbocycles. The van der Waals surface area contributed by atoms with E-state index < -0.39 is 11.7 Å². The minimum atomic E-state index is -4.38. The van der Waals surface area contributed by atoms with Crippen LogP contribution in [-0.2, 0) is 12.6 Å². The Labute approximate surface area is 194 Å². The Morgan fingerprint density at radius 1 is 1.06 bits per heavy atom. The van der Waals surface area contributed by atoms with E-state index in [1.54, 1.807) is 12.4 Å². The molecule has 4 aromatic rings. The quantitative estimate of drug-likeness (QED) is 0.348. The molecule has 0 amide bonds. The zero-order valence-electron chi connectivity index (χ0n) is 18.3. The van der Waals surface area contributed by atoms with Gasteiger partial charge in [-0.2, -0.15) is 18.3 Å². The minimum Gasteiger partial charge on any atom is -0.457 e. The molecule has 2 heterocycles. The van der Waals surface area contributed by atoms with Gasteiger partial charge in [0, 0.05) is 29.6 Å². The Hall–Kier alpha value is -3.98. The zero-order chi connectivity index (χ0) is 24.4. The van der Waals surface area contributed by atoms with Crippen molar-refractivity contribution in [2.24, 2.45) is 0 Å². The lowest BCUT2D eigenvalue weighted by atomic mass is 10.1. The van der Waals surface area contributed by atoms with Crippen LogP contribution in [0.4, 0.5) is 13.2 Å². The van der Waals surface area contributed by atoms with E-state index >= 15 is 0 Å². The summed E-state index contributed by atoms with van der Waals surface area (Å²) in [5.74, 6) is 1.59. The maximum absolute atomic E-state index is 12.0. The van der Waals surface area contributed by atoms with E-state index in [1.165, 1.54) is 17.7 Å². The van der Waals surface area contributed by atoms with Crippen LogP contribution in [0.25, 0.3) is 11.3 Å². The number of rotatable bonds is 7. The standard InChI is InChI=1S/C17H18N4O.C8H5F3O/c1-18-7-5-13-3-2-4-15(9-13)22-16-6-8-19-17(10-16)14-11-20-21-12-14;9-8(10,11)7-3-1-2-6(4-7)5-12/h2-4,6,8-12,18H,5,7H2,1H3,(H,20,21);1-5H. The van der Waals surface area contributed by atoms with Crippen molar-refractivity contribution in [3.63, 3.8) is 0 Å². The second-order valence-electron chi connectivity index (χ2n) is 7.21. The molecule has 176 valence electrons. The van der Waals surface area contributed by atoms with Gasteiger partial charge in [-0.25, -0.2) is 0 Å². The predicted molar refractivity (Wildman–Crippen MR) is 123 cm³/mol. The number of nitrogens with zero attached hydrogens (tertiary/aromatic N) is 2. The van der Waals surface area contributed by atoms with Crippen LogP contribution in [0, 0.1) is 0 Å². The first kappa shape index (κ1) is 24.7. The lowest BCUT2D eigenvalue weighted by Crippen LogP contribution is -2.10. The van der Waals surface area contributed by atoms with Gasteiger partial charge in [0.05, 0.1) is 17.5 Å². The van der Waals surface area contributed by atoms with Crippen LogP contribution in [0.2, 0.25) is 0 Å². The molecule has 0 atom stereocenters. The largest absolute Gasteiger partial charge is 0.457 e. The molecule has 0 aliphatic rings. The number of likely N-dealkylation sites (N-methyl/N-ethyl adjacent to an activating group) is 1. The van der Waals surface area contributed by atoms with Gasteiger partial charge in [0.1, 0.15) is 17.8 Å². The second-order valence-corrected chi connectivity index (χ2v) is 7.21. The third-order valence-electron chi connectivity index (χ3n) is 4.67. The van der Waals surface area contributed by atoms with Gasteiger partial charge in [-0.15, -0.1) is 0 Å². The van der Waals surface area contributed by atoms with Crippen LogP contribution in [0.5, 0.6) is 11.5 Å². The van der Waals surface area contributed by atoms with Crippen LogP contribution >= 0.6 is 0 Å². The molecular weight excluding hydrogens is 445 g/mol. The Morgan fingerprint density at radius 2 is 1.85 bits per heavy atom. The number of aldehydes is 1. The van der Waals surface area contributed by atoms with Crippen LogP contribution in [0.1, 0.15) is 21.5 Å². The topological polar surface area (TPSA) is 79.9 Å². The summed E-state index contributed by atoms with van der Waals surface area (Å²) >= 11 is 0. The van der Waals surface area contributed by atoms with Gasteiger partial charge in [-0.3, -0.25) is 14.9 Å². The molecule has 0 saturated carbocycles. The Kier molecular flexibility index (Phi) is 8.53. The Morgan fingerprint density at radius 3 is 2.56 bits per heavy atom. The molecule has 4 rings (SSSR count). The van der Waals surface area contributed by atoms with Gasteiger partial charge in [0.2, 0.25) is 0 Å². The number of nitrogens with one attached hydrogen (secondary N) is 2. The summed E-state index contributed by atoms with van der Waals surface area (Å²) in [7, 11) is 1.95. The van der Waals surface area contributed by atoms with E-state index in [2.05, 4.69) is 32.6 Å². The summed E-state index contributed by atoms with van der Waals surface area (Å²) in [5, 5.41) is 9.88. The molecule has 2 aromatic heterocycles. The van der Waals surface area contributed by atoms with Crippen molar-refractivity contribution in [3.05, 3.63) is 95.9 Å². The second kappa shape index (κ2) is 11.8. The molecule has 34 heavy (non-hydrogen) atoms. The van der Waals surface area contributed by atoms with Crippen molar-refractivity contribution in [2.75, 3.05) is 13.6 Å². The van der Waals surface area contributed by atoms with Gasteiger partial charge >= 0.3 is 6.18 Å². The van der Waals surface area contributed by atoms with E-state index in [-0.39, 0.29) is 5.56 Å². The highest BCUT2D eigenvalue weighted by Crippen LogP contribution is 2.29. The maximum atomic E-state index is 12.0. The molecule has 9 heteroatoms. The first-order valence-corrected chi connectivity index (χ1v) is 10.4. The monoisotopic (exact) mass is 468 g/mol. The third kappa shape index (κ3) is 7.28. The first-order valence-electron chi connectivity index (χ1n) is 10.4. The smallest absolute Gasteiger partial charge is 0.416 e. The molecule has 0 bridgehead atoms. The van der Waals surface area contributed by atoms with Gasteiger partial charge < -0.3 is 10.1 Å². The number of alkyl halides is 3. The van der Waals surface area contributed by atoms with Gasteiger partial charge in [0.15, 0.2) is 0 Å². The summed E-state index contributed by atoms with van der Waals surface area (Å²) in [4.78, 5) is 14.5. The number of hydrogen-bond donors (Lipinski definition) is 2. The maximum Gasteiger partial charge on any atom is 0.416 e. The van der Waals surface area contributed by atoms with E-state index in [0.29, 0.717) is 6.29 Å². The number of H-pyrrole nitrogens is 1. The van der Waals surface area contributed by atoms with Crippen LogP contribution in [-0.4, -0.2) is 35.1 Å². The number of carbonyl (C=O) groups excluding carboxylic acids is 1. The molecule has 0 spiro atoms. The van der Waals surface area contributed by atoms with E-state index in [0.717, 1.165) is 47.9 Å². The summed E-state index contributed by atoms with van der Waals surface area (Å²) in [6.07, 6.45) is 2.27. The molecule has 0 unspecified atom stereocenters. The normalized spacial score (nSPS) is 10.8. The van der Waals surface area contributed by atoms with Crippen molar-refractivity contribution in [1.29, 1.82) is 0 Å². The number of halogens is 3. The van der Waals surface area contributed by atoms with Crippen molar-refractivity contribution >= 4 is 6.29 Å². The third-order valence-corrected chi connectivity index (χ3v) is 4.67. The van der Waals surface area contributed by atoms with Crippen LogP contribution in [0.15, 0.2) is 79.3 Å². The number of aromatic nitrogens is 3. The molecule has 0 fully saturated rings. The molecule has 0 saturated heterocycles. The molecule has 2 N–H and O–H groups in total. The van der Waals surface area contributed by atoms with Crippen molar-refractivity contribution in [2.45, 2.75) is 12.6 Å². The van der Waals surface area contributed by atoms with E-state index in [4.69, 9.17) is 4.74 Å². The minimum absolute atomic E-state index is 0.0322. The fourth-order valence-electron chi connectivity index (χ4n) is 2.98. The number of carbonyl (C=O) groups is 1. The van der Waals surface area contributed by atoms with Crippen molar-refractivity contribution in [3.8, 4) is 22.8 Å². The summed E-state index contributed by atoms with van der Waals surface area (Å²) in [6.45, 7) is 0.948. The molecule has 2 aromatic carbocycles. The van der Waals surface area contributed by atoms with Gasteiger partial charge in [-0.05, 0) is 55.9 Å². The SMILES string of the molecule is CNCCc1cccc(Oc2ccnc(-c3cn[nH]c3)c2)c1.O=Cc1cccc(C(F)(F)F)c1. The van der Waals surface area contributed by atoms with Crippen LogP contribution < -0.4 is 10.1 Å². The first-order chi connectivity index (χ1) is 16.4. The van der Waals surface area contributed by atoms with Gasteiger partial charge in [0.25, 0.3) is 0 Å². The van der Waals surface area contributed by atoms with Gasteiger partial charge in [-0.1, -0.05) is 24.3 Å². The number of ether oxygens (including phenoxy) is 1. The lowest BCUT2D eigenvalue weighted by molar-refractivity contribution is -0.137. The van der Waals surface area contributed by atoms with E-state index in [1.807, 2.05) is 37.5 Å². The molecule has 0 radical (unpaired) electrons. The molecule has 6 nitrogen and oxygen atoms in total. The van der Waals surface area contributed by atoms with E-state index in [9.17, 15) is 18.0 Å². The number of pyridine rings is 1. The average Bonchev–Trinajstić information content (AvgIpc) is 3.38. The fraction of sp³-hybridized carbons (Fsp3) is 0.160. The number of hydrogen-bond acceptors (Lipinski definition) is 5. The highest BCUT2D eigenvalue weighted by molar-refractivity contribution is 5.75. The highest BCUT2D eigenvalue weighted by Gasteiger charge is 2.30. The summed E-state index contributed by atoms with van der Waals surface area (Å²) in [6, 6.07) is 16.2. The average molecular weight is 468 g/mol. The highest BCUT2D eigenvalue weighted by atomic mass is 19.4.